The summed E-state index contributed by atoms with van der Waals surface area (Å²) in [5.74, 6) is -0.458. The van der Waals surface area contributed by atoms with Crippen molar-refractivity contribution in [3.8, 4) is 11.5 Å². The van der Waals surface area contributed by atoms with Crippen molar-refractivity contribution in [3.05, 3.63) is 27.6 Å². The number of benzene rings is 1. The van der Waals surface area contributed by atoms with Crippen molar-refractivity contribution in [3.63, 3.8) is 0 Å². The number of imide groups is 1. The molecule has 0 N–H and O–H groups in total. The molecule has 1 fully saturated rings. The molecule has 2 amide bonds. The minimum Gasteiger partial charge on any atom is -0.493 e. The lowest BCUT2D eigenvalue weighted by Gasteiger charge is -2.21. The van der Waals surface area contributed by atoms with Gasteiger partial charge in [-0.3, -0.25) is 19.3 Å². The molecular formula is C18H20ClNO6S. The molecule has 1 heterocycles. The molecule has 0 radical (unpaired) electrons. The molecule has 0 bridgehead atoms. The normalized spacial score (nSPS) is 16.1. The maximum Gasteiger partial charge on any atom is 0.326 e. The Morgan fingerprint density at radius 1 is 1.22 bits per heavy atom. The summed E-state index contributed by atoms with van der Waals surface area (Å²) in [7, 11) is 2.93. The molecule has 1 aromatic carbocycles. The van der Waals surface area contributed by atoms with Gasteiger partial charge in [-0.1, -0.05) is 11.6 Å². The highest BCUT2D eigenvalue weighted by Crippen LogP contribution is 2.38. The molecule has 27 heavy (non-hydrogen) atoms. The Bertz CT molecular complexity index is 815. The zero-order valence-electron chi connectivity index (χ0n) is 15.6. The maximum absolute atomic E-state index is 12.5. The summed E-state index contributed by atoms with van der Waals surface area (Å²) in [5.41, 5.74) is -0.147. The topological polar surface area (TPSA) is 82.1 Å². The number of carbonyl (C=O) groups is 3. The zero-order chi connectivity index (χ0) is 20.4. The molecule has 146 valence electrons. The molecule has 1 aliphatic rings. The summed E-state index contributed by atoms with van der Waals surface area (Å²) in [6.07, 6.45) is 1.51. The van der Waals surface area contributed by atoms with Crippen molar-refractivity contribution in [2.75, 3.05) is 20.8 Å². The molecule has 1 aliphatic heterocycles. The highest BCUT2D eigenvalue weighted by molar-refractivity contribution is 8.18. The van der Waals surface area contributed by atoms with Crippen molar-refractivity contribution in [1.29, 1.82) is 0 Å². The van der Waals surface area contributed by atoms with E-state index < -0.39 is 29.3 Å². The number of ether oxygens (including phenoxy) is 3. The van der Waals surface area contributed by atoms with Gasteiger partial charge in [-0.05, 0) is 56.3 Å². The summed E-state index contributed by atoms with van der Waals surface area (Å²) in [4.78, 5) is 37.6. The Balaban J connectivity index is 2.23. The lowest BCUT2D eigenvalue weighted by Crippen LogP contribution is -2.37. The maximum atomic E-state index is 12.5. The third-order valence-corrected chi connectivity index (χ3v) is 4.52. The van der Waals surface area contributed by atoms with E-state index in [4.69, 9.17) is 25.8 Å². The van der Waals surface area contributed by atoms with Gasteiger partial charge in [0.05, 0.1) is 24.1 Å². The van der Waals surface area contributed by atoms with Crippen LogP contribution in [0.3, 0.4) is 0 Å². The van der Waals surface area contributed by atoms with Crippen molar-refractivity contribution < 1.29 is 28.6 Å². The lowest BCUT2D eigenvalue weighted by atomic mass is 10.1. The minimum absolute atomic E-state index is 0.173. The Labute approximate surface area is 166 Å². The number of hydrogen-bond donors (Lipinski definition) is 0. The number of methoxy groups -OCH3 is 2. The van der Waals surface area contributed by atoms with Gasteiger partial charge in [0.15, 0.2) is 11.5 Å². The van der Waals surface area contributed by atoms with E-state index in [1.165, 1.54) is 20.3 Å². The highest BCUT2D eigenvalue weighted by atomic mass is 35.5. The second-order valence-corrected chi connectivity index (χ2v) is 7.99. The quantitative estimate of drug-likeness (QED) is 0.537. The number of hydrogen-bond acceptors (Lipinski definition) is 7. The fraction of sp³-hybridized carbons (Fsp3) is 0.389. The van der Waals surface area contributed by atoms with Gasteiger partial charge < -0.3 is 14.2 Å². The highest BCUT2D eigenvalue weighted by Gasteiger charge is 2.37. The SMILES string of the molecule is COc1cc(C=C2SC(=O)N(CC(=O)OC(C)(C)C)C2=O)cc(Cl)c1OC. The first kappa shape index (κ1) is 21.1. The smallest absolute Gasteiger partial charge is 0.326 e. The molecule has 0 aromatic heterocycles. The summed E-state index contributed by atoms with van der Waals surface area (Å²) < 4.78 is 15.5. The van der Waals surface area contributed by atoms with E-state index in [1.54, 1.807) is 32.9 Å². The van der Waals surface area contributed by atoms with Gasteiger partial charge in [0, 0.05) is 0 Å². The molecule has 0 atom stereocenters. The summed E-state index contributed by atoms with van der Waals surface area (Å²) in [6, 6.07) is 3.22. The van der Waals surface area contributed by atoms with Gasteiger partial charge >= 0.3 is 5.97 Å². The predicted molar refractivity (Wildman–Crippen MR) is 103 cm³/mol. The van der Waals surface area contributed by atoms with Crippen LogP contribution in [0.4, 0.5) is 4.79 Å². The third kappa shape index (κ3) is 5.17. The number of esters is 1. The Hall–Kier alpha value is -2.19. The summed E-state index contributed by atoms with van der Waals surface area (Å²) >= 11 is 6.90. The summed E-state index contributed by atoms with van der Waals surface area (Å²) in [6.45, 7) is 4.68. The van der Waals surface area contributed by atoms with E-state index in [2.05, 4.69) is 0 Å². The number of rotatable bonds is 5. The molecule has 2 rings (SSSR count). The molecule has 0 aliphatic carbocycles. The van der Waals surface area contributed by atoms with Crippen molar-refractivity contribution in [1.82, 2.24) is 4.90 Å². The third-order valence-electron chi connectivity index (χ3n) is 3.33. The van der Waals surface area contributed by atoms with Crippen LogP contribution in [-0.2, 0) is 14.3 Å². The number of amides is 2. The number of nitrogens with zero attached hydrogens (tertiary/aromatic N) is 1. The largest absolute Gasteiger partial charge is 0.493 e. The van der Waals surface area contributed by atoms with Gasteiger partial charge in [-0.15, -0.1) is 0 Å². The van der Waals surface area contributed by atoms with Gasteiger partial charge in [-0.25, -0.2) is 0 Å². The first-order valence-electron chi connectivity index (χ1n) is 7.94. The number of thioether (sulfide) groups is 1. The van der Waals surface area contributed by atoms with Crippen molar-refractivity contribution in [2.24, 2.45) is 0 Å². The molecule has 7 nitrogen and oxygen atoms in total. The Morgan fingerprint density at radius 3 is 2.44 bits per heavy atom. The molecule has 1 aromatic rings. The van der Waals surface area contributed by atoms with Crippen LogP contribution in [0.2, 0.25) is 5.02 Å². The first-order chi connectivity index (χ1) is 12.6. The lowest BCUT2D eigenvalue weighted by molar-refractivity contribution is -0.156. The van der Waals surface area contributed by atoms with Crippen LogP contribution in [0.1, 0.15) is 26.3 Å². The van der Waals surface area contributed by atoms with Crippen LogP contribution in [0.25, 0.3) is 6.08 Å². The van der Waals surface area contributed by atoms with Crippen LogP contribution in [0.5, 0.6) is 11.5 Å². The van der Waals surface area contributed by atoms with E-state index in [0.717, 1.165) is 16.7 Å². The average Bonchev–Trinajstić information content (AvgIpc) is 2.80. The molecule has 0 saturated carbocycles. The van der Waals surface area contributed by atoms with Gasteiger partial charge in [-0.2, -0.15) is 0 Å². The monoisotopic (exact) mass is 413 g/mol. The second kappa shape index (κ2) is 8.22. The van der Waals surface area contributed by atoms with E-state index in [1.807, 2.05) is 0 Å². The van der Waals surface area contributed by atoms with Gasteiger partial charge in [0.25, 0.3) is 11.1 Å². The van der Waals surface area contributed by atoms with Crippen LogP contribution in [0, 0.1) is 0 Å². The molecule has 9 heteroatoms. The zero-order valence-corrected chi connectivity index (χ0v) is 17.2. The number of carbonyl (C=O) groups excluding carboxylic acids is 3. The Kier molecular flexibility index (Phi) is 6.43. The van der Waals surface area contributed by atoms with Crippen molar-refractivity contribution in [2.45, 2.75) is 26.4 Å². The average molecular weight is 414 g/mol. The van der Waals surface area contributed by atoms with Crippen LogP contribution >= 0.6 is 23.4 Å². The molecular weight excluding hydrogens is 394 g/mol. The first-order valence-corrected chi connectivity index (χ1v) is 9.14. The molecule has 0 unspecified atom stereocenters. The minimum atomic E-state index is -0.703. The van der Waals surface area contributed by atoms with E-state index >= 15 is 0 Å². The Morgan fingerprint density at radius 2 is 1.89 bits per heavy atom. The van der Waals surface area contributed by atoms with Crippen LogP contribution in [-0.4, -0.2) is 48.4 Å². The molecule has 0 spiro atoms. The predicted octanol–water partition coefficient (Wildman–Crippen LogP) is 3.74. The van der Waals surface area contributed by atoms with Gasteiger partial charge in [0.2, 0.25) is 0 Å². The van der Waals surface area contributed by atoms with Crippen LogP contribution < -0.4 is 9.47 Å². The van der Waals surface area contributed by atoms with E-state index in [0.29, 0.717) is 22.1 Å². The standard InChI is InChI=1S/C18H20ClNO6S/c1-18(2,3)26-14(21)9-20-16(22)13(27-17(20)23)8-10-6-11(19)15(25-5)12(7-10)24-4/h6-8H,9H2,1-5H3. The van der Waals surface area contributed by atoms with Crippen LogP contribution in [0.15, 0.2) is 17.0 Å². The van der Waals surface area contributed by atoms with E-state index in [-0.39, 0.29) is 4.91 Å². The fourth-order valence-corrected chi connectivity index (χ4v) is 3.45. The van der Waals surface area contributed by atoms with E-state index in [9.17, 15) is 14.4 Å². The second-order valence-electron chi connectivity index (χ2n) is 6.59. The summed E-state index contributed by atoms with van der Waals surface area (Å²) in [5, 5.41) is -0.236. The van der Waals surface area contributed by atoms with Crippen molar-refractivity contribution >= 4 is 46.6 Å². The fourth-order valence-electron chi connectivity index (χ4n) is 2.31. The number of halogens is 1. The molecule has 1 saturated heterocycles. The van der Waals surface area contributed by atoms with Gasteiger partial charge in [0.1, 0.15) is 12.1 Å².